The number of para-hydroxylation sites is 1. The van der Waals surface area contributed by atoms with Crippen LogP contribution in [0.3, 0.4) is 0 Å². The third-order valence-corrected chi connectivity index (χ3v) is 6.14. The van der Waals surface area contributed by atoms with Crippen molar-refractivity contribution in [2.45, 2.75) is 44.4 Å². The Labute approximate surface area is 181 Å². The van der Waals surface area contributed by atoms with Crippen molar-refractivity contribution in [1.82, 2.24) is 19.7 Å². The average Bonchev–Trinajstić information content (AvgIpc) is 3.45. The fourth-order valence-electron chi connectivity index (χ4n) is 4.46. The highest BCUT2D eigenvalue weighted by Gasteiger charge is 2.26. The van der Waals surface area contributed by atoms with E-state index in [-0.39, 0.29) is 11.9 Å². The van der Waals surface area contributed by atoms with Gasteiger partial charge in [-0.15, -0.1) is 0 Å². The molecule has 2 heterocycles. The van der Waals surface area contributed by atoms with Gasteiger partial charge in [0.2, 0.25) is 0 Å². The predicted octanol–water partition coefficient (Wildman–Crippen LogP) is 3.91. The first-order valence-corrected chi connectivity index (χ1v) is 10.8. The van der Waals surface area contributed by atoms with Crippen molar-refractivity contribution >= 4 is 16.8 Å². The zero-order chi connectivity index (χ0) is 21.2. The molecule has 1 aliphatic rings. The molecule has 4 aromatic rings. The van der Waals surface area contributed by atoms with Gasteiger partial charge in [0.05, 0.1) is 23.4 Å². The SMILES string of the molecule is O=C(N[C@H]1CCCC[C@@H]1O)c1cn(Cc2ccc(-n3cccn3)cc2)c2ccccc12. The largest absolute Gasteiger partial charge is 0.391 e. The van der Waals surface area contributed by atoms with Gasteiger partial charge >= 0.3 is 0 Å². The molecule has 2 atom stereocenters. The summed E-state index contributed by atoms with van der Waals surface area (Å²) in [6.07, 6.45) is 8.79. The van der Waals surface area contributed by atoms with Crippen molar-refractivity contribution in [3.8, 4) is 5.69 Å². The molecule has 2 aromatic heterocycles. The van der Waals surface area contributed by atoms with E-state index in [0.717, 1.165) is 47.8 Å². The Hall–Kier alpha value is -3.38. The lowest BCUT2D eigenvalue weighted by Gasteiger charge is -2.28. The molecule has 1 saturated carbocycles. The summed E-state index contributed by atoms with van der Waals surface area (Å²) in [6.45, 7) is 0.666. The standard InChI is InChI=1S/C25H26N4O2/c30-24-9-4-2-7-22(24)27-25(31)21-17-28(23-8-3-1-6-20(21)23)16-18-10-12-19(13-11-18)29-15-5-14-26-29/h1,3,5-6,8,10-15,17,22,24,30H,2,4,7,9,16H2,(H,27,31)/t22-,24-/m0/s1. The van der Waals surface area contributed by atoms with E-state index in [1.165, 1.54) is 0 Å². The van der Waals surface area contributed by atoms with Gasteiger partial charge in [-0.05, 0) is 42.7 Å². The molecule has 2 aromatic carbocycles. The second-order valence-corrected chi connectivity index (χ2v) is 8.24. The van der Waals surface area contributed by atoms with Gasteiger partial charge in [-0.2, -0.15) is 5.10 Å². The van der Waals surface area contributed by atoms with E-state index in [2.05, 4.69) is 27.1 Å². The number of nitrogens with one attached hydrogen (secondary N) is 1. The zero-order valence-electron chi connectivity index (χ0n) is 17.3. The number of rotatable bonds is 5. The molecule has 158 valence electrons. The maximum atomic E-state index is 13.1. The summed E-state index contributed by atoms with van der Waals surface area (Å²) >= 11 is 0. The molecule has 0 bridgehead atoms. The van der Waals surface area contributed by atoms with Crippen LogP contribution in [-0.4, -0.2) is 37.5 Å². The molecule has 0 saturated heterocycles. The molecule has 5 rings (SSSR count). The molecule has 0 spiro atoms. The summed E-state index contributed by atoms with van der Waals surface area (Å²) < 4.78 is 3.95. The van der Waals surface area contributed by atoms with E-state index in [4.69, 9.17) is 0 Å². The van der Waals surface area contributed by atoms with E-state index in [1.807, 2.05) is 59.5 Å². The Kier molecular flexibility index (Phi) is 5.30. The van der Waals surface area contributed by atoms with Gasteiger partial charge in [0, 0.05) is 36.0 Å². The van der Waals surface area contributed by atoms with Crippen LogP contribution in [0.15, 0.2) is 73.2 Å². The van der Waals surface area contributed by atoms with Gasteiger partial charge in [-0.1, -0.05) is 43.2 Å². The summed E-state index contributed by atoms with van der Waals surface area (Å²) in [7, 11) is 0. The zero-order valence-corrected chi connectivity index (χ0v) is 17.3. The molecule has 1 aliphatic carbocycles. The third-order valence-electron chi connectivity index (χ3n) is 6.14. The summed E-state index contributed by atoms with van der Waals surface area (Å²) in [6, 6.07) is 18.0. The van der Waals surface area contributed by atoms with Crippen molar-refractivity contribution < 1.29 is 9.90 Å². The maximum absolute atomic E-state index is 13.1. The van der Waals surface area contributed by atoms with Crippen LogP contribution in [0.1, 0.15) is 41.6 Å². The van der Waals surface area contributed by atoms with Crippen LogP contribution in [-0.2, 0) is 6.54 Å². The lowest BCUT2D eigenvalue weighted by Crippen LogP contribution is -2.45. The monoisotopic (exact) mass is 414 g/mol. The highest BCUT2D eigenvalue weighted by atomic mass is 16.3. The lowest BCUT2D eigenvalue weighted by molar-refractivity contribution is 0.0718. The minimum Gasteiger partial charge on any atom is -0.391 e. The molecule has 0 radical (unpaired) electrons. The number of benzene rings is 2. The number of fused-ring (bicyclic) bond motifs is 1. The molecule has 31 heavy (non-hydrogen) atoms. The summed E-state index contributed by atoms with van der Waals surface area (Å²) in [5.74, 6) is -0.116. The number of aliphatic hydroxyl groups excluding tert-OH is 1. The predicted molar refractivity (Wildman–Crippen MR) is 120 cm³/mol. The Balaban J connectivity index is 1.40. The van der Waals surface area contributed by atoms with Gasteiger partial charge in [-0.25, -0.2) is 4.68 Å². The van der Waals surface area contributed by atoms with Gasteiger partial charge in [-0.3, -0.25) is 4.79 Å². The quantitative estimate of drug-likeness (QED) is 0.520. The summed E-state index contributed by atoms with van der Waals surface area (Å²) in [5, 5.41) is 18.5. The van der Waals surface area contributed by atoms with E-state index in [0.29, 0.717) is 12.1 Å². The van der Waals surface area contributed by atoms with Crippen molar-refractivity contribution in [2.24, 2.45) is 0 Å². The number of hydrogen-bond acceptors (Lipinski definition) is 3. The first kappa shape index (κ1) is 19.6. The Bertz CT molecular complexity index is 1180. The van der Waals surface area contributed by atoms with Crippen molar-refractivity contribution in [1.29, 1.82) is 0 Å². The van der Waals surface area contributed by atoms with Crippen LogP contribution in [0, 0.1) is 0 Å². The number of carbonyl (C=O) groups is 1. The Morgan fingerprint density at radius 1 is 1.06 bits per heavy atom. The molecule has 2 N–H and O–H groups in total. The number of carbonyl (C=O) groups excluding carboxylic acids is 1. The summed E-state index contributed by atoms with van der Waals surface area (Å²) in [4.78, 5) is 13.1. The lowest BCUT2D eigenvalue weighted by atomic mass is 9.92. The number of hydrogen-bond donors (Lipinski definition) is 2. The molecule has 0 unspecified atom stereocenters. The third kappa shape index (κ3) is 3.99. The topological polar surface area (TPSA) is 72.1 Å². The van der Waals surface area contributed by atoms with Gasteiger partial charge in [0.15, 0.2) is 0 Å². The minimum absolute atomic E-state index is 0.116. The molecule has 1 amide bonds. The first-order chi connectivity index (χ1) is 15.2. The van der Waals surface area contributed by atoms with Crippen LogP contribution >= 0.6 is 0 Å². The van der Waals surface area contributed by atoms with Crippen LogP contribution in [0.2, 0.25) is 0 Å². The van der Waals surface area contributed by atoms with Crippen LogP contribution < -0.4 is 5.32 Å². The van der Waals surface area contributed by atoms with E-state index in [1.54, 1.807) is 6.20 Å². The number of aromatic nitrogens is 3. The molecule has 6 heteroatoms. The first-order valence-electron chi connectivity index (χ1n) is 10.8. The molecular formula is C25H26N4O2. The normalized spacial score (nSPS) is 18.9. The molecule has 0 aliphatic heterocycles. The summed E-state index contributed by atoms with van der Waals surface area (Å²) in [5.41, 5.74) is 3.83. The minimum atomic E-state index is -0.459. The molecule has 1 fully saturated rings. The number of amides is 1. The fourth-order valence-corrected chi connectivity index (χ4v) is 4.46. The fraction of sp³-hybridized carbons (Fsp3) is 0.280. The second-order valence-electron chi connectivity index (χ2n) is 8.24. The number of nitrogens with zero attached hydrogens (tertiary/aromatic N) is 3. The Morgan fingerprint density at radius 3 is 2.65 bits per heavy atom. The second kappa shape index (κ2) is 8.40. The number of aliphatic hydroxyl groups is 1. The van der Waals surface area contributed by atoms with E-state index in [9.17, 15) is 9.90 Å². The average molecular weight is 415 g/mol. The van der Waals surface area contributed by atoms with Gasteiger partial charge in [0.1, 0.15) is 0 Å². The van der Waals surface area contributed by atoms with Crippen LogP contribution in [0.4, 0.5) is 0 Å². The van der Waals surface area contributed by atoms with Gasteiger partial charge < -0.3 is 15.0 Å². The smallest absolute Gasteiger partial charge is 0.253 e. The van der Waals surface area contributed by atoms with E-state index < -0.39 is 6.10 Å². The van der Waals surface area contributed by atoms with Crippen molar-refractivity contribution in [3.63, 3.8) is 0 Å². The highest BCUT2D eigenvalue weighted by molar-refractivity contribution is 6.07. The van der Waals surface area contributed by atoms with Crippen LogP contribution in [0.5, 0.6) is 0 Å². The van der Waals surface area contributed by atoms with Crippen molar-refractivity contribution in [2.75, 3.05) is 0 Å². The van der Waals surface area contributed by atoms with Crippen molar-refractivity contribution in [3.05, 3.63) is 84.3 Å². The van der Waals surface area contributed by atoms with Crippen LogP contribution in [0.25, 0.3) is 16.6 Å². The van der Waals surface area contributed by atoms with Gasteiger partial charge in [0.25, 0.3) is 5.91 Å². The van der Waals surface area contributed by atoms with E-state index >= 15 is 0 Å². The molecular weight excluding hydrogens is 388 g/mol. The molecule has 6 nitrogen and oxygen atoms in total. The Morgan fingerprint density at radius 2 is 1.87 bits per heavy atom. The highest BCUT2D eigenvalue weighted by Crippen LogP contribution is 2.24. The maximum Gasteiger partial charge on any atom is 0.253 e.